The van der Waals surface area contributed by atoms with Gasteiger partial charge in [-0.3, -0.25) is 0 Å². The summed E-state index contributed by atoms with van der Waals surface area (Å²) in [5, 5.41) is 10.3. The summed E-state index contributed by atoms with van der Waals surface area (Å²) in [5.41, 5.74) is 7.35. The predicted octanol–water partition coefficient (Wildman–Crippen LogP) is 2.71. The second kappa shape index (κ2) is 3.77. The number of benzene rings is 1. The molecule has 0 atom stereocenters. The quantitative estimate of drug-likeness (QED) is 0.612. The number of aliphatic hydroxyl groups excluding tert-OH is 1. The van der Waals surface area contributed by atoms with Gasteiger partial charge in [0.15, 0.2) is 0 Å². The van der Waals surface area contributed by atoms with Crippen molar-refractivity contribution in [2.45, 2.75) is 12.5 Å². The fourth-order valence-corrected chi connectivity index (χ4v) is 2.94. The fourth-order valence-electron chi connectivity index (χ4n) is 1.50. The Hall–Kier alpha value is -0.770. The highest BCUT2D eigenvalue weighted by atomic mass is 35.5. The lowest BCUT2D eigenvalue weighted by atomic mass is 10.1. The van der Waals surface area contributed by atoms with Crippen molar-refractivity contribution >= 4 is 38.7 Å². The number of halogens is 1. The molecule has 0 bridgehead atoms. The van der Waals surface area contributed by atoms with E-state index in [1.807, 2.05) is 18.2 Å². The molecule has 2 nitrogen and oxygen atoms in total. The van der Waals surface area contributed by atoms with Crippen molar-refractivity contribution < 1.29 is 5.11 Å². The van der Waals surface area contributed by atoms with Crippen molar-refractivity contribution in [2.75, 3.05) is 5.73 Å². The minimum Gasteiger partial charge on any atom is -0.399 e. The van der Waals surface area contributed by atoms with Crippen molar-refractivity contribution in [3.63, 3.8) is 0 Å². The number of hydrogen-bond acceptors (Lipinski definition) is 3. The molecule has 2 rings (SSSR count). The van der Waals surface area contributed by atoms with Gasteiger partial charge in [0.25, 0.3) is 0 Å². The number of anilines is 1. The smallest absolute Gasteiger partial charge is 0.0699 e. The zero-order chi connectivity index (χ0) is 10.1. The number of thiophene rings is 1. The molecule has 3 N–H and O–H groups in total. The summed E-state index contributed by atoms with van der Waals surface area (Å²) in [6, 6.07) is 5.68. The van der Waals surface area contributed by atoms with Crippen LogP contribution in [-0.2, 0) is 12.5 Å². The Morgan fingerprint density at radius 2 is 2.21 bits per heavy atom. The molecule has 1 heterocycles. The van der Waals surface area contributed by atoms with E-state index >= 15 is 0 Å². The number of rotatable bonds is 2. The van der Waals surface area contributed by atoms with Crippen molar-refractivity contribution in [1.29, 1.82) is 0 Å². The van der Waals surface area contributed by atoms with Gasteiger partial charge in [0.1, 0.15) is 0 Å². The summed E-state index contributed by atoms with van der Waals surface area (Å²) in [4.78, 5) is 1.02. The van der Waals surface area contributed by atoms with Crippen LogP contribution in [0.3, 0.4) is 0 Å². The number of nitrogens with two attached hydrogens (primary N) is 1. The van der Waals surface area contributed by atoms with Gasteiger partial charge in [0.05, 0.1) is 12.5 Å². The lowest BCUT2D eigenvalue weighted by Crippen LogP contribution is -1.86. The lowest BCUT2D eigenvalue weighted by molar-refractivity contribution is 0.283. The Balaban J connectivity index is 2.73. The maximum atomic E-state index is 9.22. The van der Waals surface area contributed by atoms with Crippen molar-refractivity contribution in [3.8, 4) is 0 Å². The van der Waals surface area contributed by atoms with E-state index in [1.165, 1.54) is 0 Å². The molecule has 0 aliphatic heterocycles. The molecule has 0 saturated heterocycles. The minimum absolute atomic E-state index is 0.0337. The monoisotopic (exact) mass is 227 g/mol. The largest absolute Gasteiger partial charge is 0.399 e. The van der Waals surface area contributed by atoms with Crippen LogP contribution in [0.2, 0.25) is 0 Å². The normalized spacial score (nSPS) is 11.0. The Kier molecular flexibility index (Phi) is 2.63. The predicted molar refractivity (Wildman–Crippen MR) is 61.7 cm³/mol. The average Bonchev–Trinajstić information content (AvgIpc) is 2.54. The van der Waals surface area contributed by atoms with E-state index in [0.29, 0.717) is 5.88 Å². The number of alkyl halides is 1. The summed E-state index contributed by atoms with van der Waals surface area (Å²) in [6.45, 7) is 0.0337. The van der Waals surface area contributed by atoms with E-state index in [1.54, 1.807) is 11.3 Å². The van der Waals surface area contributed by atoms with E-state index in [0.717, 1.165) is 26.2 Å². The van der Waals surface area contributed by atoms with Gasteiger partial charge in [0.2, 0.25) is 0 Å². The highest BCUT2D eigenvalue weighted by molar-refractivity contribution is 7.19. The third-order valence-electron chi connectivity index (χ3n) is 2.18. The highest BCUT2D eigenvalue weighted by Gasteiger charge is 2.10. The standard InChI is InChI=1S/C10H10ClNOS/c11-4-10-8(5-13)7-2-1-6(12)3-9(7)14-10/h1-3,13H,4-5,12H2. The van der Waals surface area contributed by atoms with Crippen LogP contribution >= 0.6 is 22.9 Å². The fraction of sp³-hybridized carbons (Fsp3) is 0.200. The Labute approximate surface area is 90.9 Å². The molecule has 0 radical (unpaired) electrons. The first kappa shape index (κ1) is 9.77. The van der Waals surface area contributed by atoms with Crippen molar-refractivity contribution in [3.05, 3.63) is 28.6 Å². The third-order valence-corrected chi connectivity index (χ3v) is 3.80. The molecule has 0 spiro atoms. The molecular weight excluding hydrogens is 218 g/mol. The Bertz CT molecular complexity index is 466. The van der Waals surface area contributed by atoms with Crippen molar-refractivity contribution in [1.82, 2.24) is 0 Å². The average molecular weight is 228 g/mol. The molecule has 0 saturated carbocycles. The first-order valence-corrected chi connectivity index (χ1v) is 5.58. The van der Waals surface area contributed by atoms with E-state index in [9.17, 15) is 5.11 Å². The second-order valence-electron chi connectivity index (χ2n) is 3.05. The Morgan fingerprint density at radius 1 is 1.43 bits per heavy atom. The van der Waals surface area contributed by atoms with Gasteiger partial charge in [-0.2, -0.15) is 0 Å². The molecule has 14 heavy (non-hydrogen) atoms. The molecule has 0 aliphatic rings. The SMILES string of the molecule is Nc1ccc2c(CO)c(CCl)sc2c1. The van der Waals surface area contributed by atoms with Gasteiger partial charge >= 0.3 is 0 Å². The van der Waals surface area contributed by atoms with E-state index in [-0.39, 0.29) is 6.61 Å². The number of aliphatic hydroxyl groups is 1. The first-order valence-electron chi connectivity index (χ1n) is 4.23. The van der Waals surface area contributed by atoms with Gasteiger partial charge in [-0.05, 0) is 17.5 Å². The summed E-state index contributed by atoms with van der Waals surface area (Å²) < 4.78 is 1.09. The van der Waals surface area contributed by atoms with Crippen LogP contribution < -0.4 is 5.73 Å². The topological polar surface area (TPSA) is 46.2 Å². The van der Waals surface area contributed by atoms with Crippen LogP contribution in [0.5, 0.6) is 0 Å². The molecular formula is C10H10ClNOS. The van der Waals surface area contributed by atoms with Crippen LogP contribution in [-0.4, -0.2) is 5.11 Å². The molecule has 0 unspecified atom stereocenters. The zero-order valence-electron chi connectivity index (χ0n) is 7.46. The van der Waals surface area contributed by atoms with E-state index < -0.39 is 0 Å². The summed E-state index contributed by atoms with van der Waals surface area (Å²) in [5.74, 6) is 0.440. The van der Waals surface area contributed by atoms with Crippen molar-refractivity contribution in [2.24, 2.45) is 0 Å². The van der Waals surface area contributed by atoms with Crippen LogP contribution in [0.25, 0.3) is 10.1 Å². The lowest BCUT2D eigenvalue weighted by Gasteiger charge is -1.96. The number of nitrogen functional groups attached to an aromatic ring is 1. The van der Waals surface area contributed by atoms with Crippen LogP contribution in [0.15, 0.2) is 18.2 Å². The van der Waals surface area contributed by atoms with Gasteiger partial charge in [-0.1, -0.05) is 6.07 Å². The Morgan fingerprint density at radius 3 is 2.86 bits per heavy atom. The van der Waals surface area contributed by atoms with Gasteiger partial charge in [-0.15, -0.1) is 22.9 Å². The summed E-state index contributed by atoms with van der Waals surface area (Å²) in [6.07, 6.45) is 0. The zero-order valence-corrected chi connectivity index (χ0v) is 9.03. The van der Waals surface area contributed by atoms with E-state index in [2.05, 4.69) is 0 Å². The second-order valence-corrected chi connectivity index (χ2v) is 4.46. The molecule has 0 fully saturated rings. The van der Waals surface area contributed by atoms with Gasteiger partial charge in [0, 0.05) is 20.8 Å². The molecule has 0 aliphatic carbocycles. The minimum atomic E-state index is 0.0337. The van der Waals surface area contributed by atoms with Gasteiger partial charge < -0.3 is 10.8 Å². The molecule has 0 amide bonds. The van der Waals surface area contributed by atoms with E-state index in [4.69, 9.17) is 17.3 Å². The summed E-state index contributed by atoms with van der Waals surface area (Å²) >= 11 is 7.38. The van der Waals surface area contributed by atoms with Crippen LogP contribution in [0.1, 0.15) is 10.4 Å². The van der Waals surface area contributed by atoms with Gasteiger partial charge in [-0.25, -0.2) is 0 Å². The maximum absolute atomic E-state index is 9.22. The highest BCUT2D eigenvalue weighted by Crippen LogP contribution is 2.33. The molecule has 74 valence electrons. The molecule has 2 aromatic rings. The van der Waals surface area contributed by atoms with Crippen LogP contribution in [0.4, 0.5) is 5.69 Å². The van der Waals surface area contributed by atoms with Crippen LogP contribution in [0, 0.1) is 0 Å². The third kappa shape index (κ3) is 1.47. The molecule has 1 aromatic heterocycles. The first-order chi connectivity index (χ1) is 6.76. The molecule has 1 aromatic carbocycles. The number of hydrogen-bond donors (Lipinski definition) is 2. The molecule has 4 heteroatoms. The number of fused-ring (bicyclic) bond motifs is 1. The maximum Gasteiger partial charge on any atom is 0.0699 e. The summed E-state index contributed by atoms with van der Waals surface area (Å²) in [7, 11) is 0.